The van der Waals surface area contributed by atoms with Gasteiger partial charge in [0.1, 0.15) is 24.1 Å². The standard InChI is InChI=1S/C14H17NO8/c1-6(16)15-7-2-4-8(5-3-7)22-14-11(19)9(17)10(18)12(23-14)13(20)21/h2-5,9-12,14,17-19H,1H3,(H,15,16)(H,20,21)/t9-,10+,11+,12-,14-/m1/s1. The molecule has 1 heterocycles. The third-order valence-electron chi connectivity index (χ3n) is 3.24. The molecule has 0 aliphatic carbocycles. The van der Waals surface area contributed by atoms with Gasteiger partial charge in [-0.1, -0.05) is 0 Å². The number of aliphatic carboxylic acids is 1. The van der Waals surface area contributed by atoms with Gasteiger partial charge in [-0.05, 0) is 24.3 Å². The van der Waals surface area contributed by atoms with Crippen LogP contribution >= 0.6 is 0 Å². The van der Waals surface area contributed by atoms with Crippen LogP contribution in [0.4, 0.5) is 5.69 Å². The smallest absolute Gasteiger partial charge is 0.335 e. The Balaban J connectivity index is 2.08. The molecule has 0 bridgehead atoms. The van der Waals surface area contributed by atoms with Crippen molar-refractivity contribution in [2.24, 2.45) is 0 Å². The number of benzene rings is 1. The van der Waals surface area contributed by atoms with Gasteiger partial charge >= 0.3 is 5.97 Å². The molecule has 0 radical (unpaired) electrons. The van der Waals surface area contributed by atoms with Gasteiger partial charge < -0.3 is 35.2 Å². The molecule has 1 aromatic rings. The second-order valence-corrected chi connectivity index (χ2v) is 5.06. The van der Waals surface area contributed by atoms with Crippen LogP contribution in [-0.4, -0.2) is 63.0 Å². The van der Waals surface area contributed by atoms with E-state index in [1.54, 1.807) is 0 Å². The van der Waals surface area contributed by atoms with Crippen molar-refractivity contribution in [1.29, 1.82) is 0 Å². The van der Waals surface area contributed by atoms with Crippen LogP contribution in [-0.2, 0) is 14.3 Å². The summed E-state index contributed by atoms with van der Waals surface area (Å²) in [5.74, 6) is -1.51. The van der Waals surface area contributed by atoms with E-state index in [2.05, 4.69) is 5.32 Å². The van der Waals surface area contributed by atoms with E-state index in [-0.39, 0.29) is 11.7 Å². The Morgan fingerprint density at radius 3 is 2.22 bits per heavy atom. The first kappa shape index (κ1) is 17.2. The molecule has 0 spiro atoms. The molecule has 9 heteroatoms. The first-order valence-corrected chi connectivity index (χ1v) is 6.76. The first-order valence-electron chi connectivity index (χ1n) is 6.76. The number of carbonyl (C=O) groups is 2. The number of carboxylic acids is 1. The summed E-state index contributed by atoms with van der Waals surface area (Å²) in [5.41, 5.74) is 0.522. The fourth-order valence-corrected chi connectivity index (χ4v) is 2.10. The van der Waals surface area contributed by atoms with Crippen molar-refractivity contribution in [3.05, 3.63) is 24.3 Å². The summed E-state index contributed by atoms with van der Waals surface area (Å²) in [7, 11) is 0. The second kappa shape index (κ2) is 6.92. The number of hydrogen-bond donors (Lipinski definition) is 5. The van der Waals surface area contributed by atoms with Crippen LogP contribution in [0.3, 0.4) is 0 Å². The lowest BCUT2D eigenvalue weighted by atomic mass is 9.99. The van der Waals surface area contributed by atoms with E-state index < -0.39 is 36.7 Å². The van der Waals surface area contributed by atoms with Gasteiger partial charge in [0.25, 0.3) is 0 Å². The van der Waals surface area contributed by atoms with E-state index in [1.807, 2.05) is 0 Å². The maximum Gasteiger partial charge on any atom is 0.335 e. The lowest BCUT2D eigenvalue weighted by molar-refractivity contribution is -0.271. The molecule has 1 amide bonds. The Morgan fingerprint density at radius 1 is 1.09 bits per heavy atom. The summed E-state index contributed by atoms with van der Waals surface area (Å²) >= 11 is 0. The normalized spacial score (nSPS) is 30.5. The number of nitrogens with one attached hydrogen (secondary N) is 1. The highest BCUT2D eigenvalue weighted by molar-refractivity contribution is 5.88. The SMILES string of the molecule is CC(=O)Nc1ccc(O[C@@H]2O[C@@H](C(=O)O)[C@@H](O)[C@@H](O)[C@@H]2O)cc1. The van der Waals surface area contributed by atoms with Crippen LogP contribution in [0.2, 0.25) is 0 Å². The van der Waals surface area contributed by atoms with Crippen molar-refractivity contribution in [2.75, 3.05) is 5.32 Å². The maximum atomic E-state index is 11.0. The molecular weight excluding hydrogens is 310 g/mol. The van der Waals surface area contributed by atoms with Crippen LogP contribution in [0.5, 0.6) is 5.75 Å². The van der Waals surface area contributed by atoms with Crippen LogP contribution < -0.4 is 10.1 Å². The monoisotopic (exact) mass is 327 g/mol. The van der Waals surface area contributed by atoms with Gasteiger partial charge in [0.05, 0.1) is 0 Å². The topological polar surface area (TPSA) is 146 Å². The fourth-order valence-electron chi connectivity index (χ4n) is 2.10. The van der Waals surface area contributed by atoms with Gasteiger partial charge in [0, 0.05) is 12.6 Å². The molecule has 0 saturated carbocycles. The minimum absolute atomic E-state index is 0.218. The number of carboxylic acid groups (broad SMARTS) is 1. The van der Waals surface area contributed by atoms with Gasteiger partial charge in [0.15, 0.2) is 6.10 Å². The van der Waals surface area contributed by atoms with Crippen LogP contribution in [0, 0.1) is 0 Å². The fraction of sp³-hybridized carbons (Fsp3) is 0.429. The van der Waals surface area contributed by atoms with Gasteiger partial charge in [-0.15, -0.1) is 0 Å². The zero-order valence-electron chi connectivity index (χ0n) is 12.1. The predicted octanol–water partition coefficient (Wildman–Crippen LogP) is -1.08. The number of aliphatic hydroxyl groups is 3. The number of carbonyl (C=O) groups excluding carboxylic acids is 1. The average Bonchev–Trinajstić information content (AvgIpc) is 2.48. The molecule has 1 aliphatic heterocycles. The van der Waals surface area contributed by atoms with E-state index >= 15 is 0 Å². The van der Waals surface area contributed by atoms with Gasteiger partial charge in [-0.25, -0.2) is 4.79 Å². The molecule has 5 atom stereocenters. The van der Waals surface area contributed by atoms with Crippen molar-refractivity contribution in [2.45, 2.75) is 37.6 Å². The summed E-state index contributed by atoms with van der Waals surface area (Å²) < 4.78 is 10.3. The Labute approximate surface area is 131 Å². The van der Waals surface area contributed by atoms with Crippen LogP contribution in [0.1, 0.15) is 6.92 Å². The quantitative estimate of drug-likeness (QED) is 0.469. The number of rotatable bonds is 4. The van der Waals surface area contributed by atoms with Crippen LogP contribution in [0.15, 0.2) is 24.3 Å². The Kier molecular flexibility index (Phi) is 5.16. The van der Waals surface area contributed by atoms with E-state index in [0.717, 1.165) is 0 Å². The van der Waals surface area contributed by atoms with E-state index in [0.29, 0.717) is 5.69 Å². The molecule has 0 aromatic heterocycles. The molecule has 1 aliphatic rings. The third kappa shape index (κ3) is 3.96. The van der Waals surface area contributed by atoms with Crippen molar-refractivity contribution < 1.29 is 39.5 Å². The lowest BCUT2D eigenvalue weighted by Gasteiger charge is -2.38. The van der Waals surface area contributed by atoms with Gasteiger partial charge in [0.2, 0.25) is 12.2 Å². The van der Waals surface area contributed by atoms with Crippen molar-refractivity contribution >= 4 is 17.6 Å². The van der Waals surface area contributed by atoms with Gasteiger partial charge in [-0.3, -0.25) is 4.79 Å². The summed E-state index contributed by atoms with van der Waals surface area (Å²) in [5, 5.41) is 40.6. The second-order valence-electron chi connectivity index (χ2n) is 5.06. The summed E-state index contributed by atoms with van der Waals surface area (Å²) in [6, 6.07) is 6.00. The number of ether oxygens (including phenoxy) is 2. The maximum absolute atomic E-state index is 11.0. The van der Waals surface area contributed by atoms with E-state index in [9.17, 15) is 24.9 Å². The molecule has 2 rings (SSSR count). The molecule has 126 valence electrons. The summed E-state index contributed by atoms with van der Waals surface area (Å²) in [6.07, 6.45) is -8.33. The Hall–Kier alpha value is -2.20. The van der Waals surface area contributed by atoms with Crippen molar-refractivity contribution in [1.82, 2.24) is 0 Å². The number of amides is 1. The Bertz CT molecular complexity index is 575. The Morgan fingerprint density at radius 2 is 1.70 bits per heavy atom. The van der Waals surface area contributed by atoms with Gasteiger partial charge in [-0.2, -0.15) is 0 Å². The largest absolute Gasteiger partial charge is 0.479 e. The number of aliphatic hydroxyl groups excluding tert-OH is 3. The zero-order chi connectivity index (χ0) is 17.1. The molecule has 5 N–H and O–H groups in total. The van der Waals surface area contributed by atoms with E-state index in [4.69, 9.17) is 14.6 Å². The van der Waals surface area contributed by atoms with Crippen molar-refractivity contribution in [3.8, 4) is 5.75 Å². The number of hydrogen-bond acceptors (Lipinski definition) is 7. The summed E-state index contributed by atoms with van der Waals surface area (Å²) in [4.78, 5) is 21.9. The average molecular weight is 327 g/mol. The molecule has 0 unspecified atom stereocenters. The van der Waals surface area contributed by atoms with E-state index in [1.165, 1.54) is 31.2 Å². The minimum atomic E-state index is -1.77. The molecule has 1 fully saturated rings. The highest BCUT2D eigenvalue weighted by Crippen LogP contribution is 2.25. The zero-order valence-corrected chi connectivity index (χ0v) is 12.1. The van der Waals surface area contributed by atoms with Crippen LogP contribution in [0.25, 0.3) is 0 Å². The highest BCUT2D eigenvalue weighted by atomic mass is 16.7. The molecule has 9 nitrogen and oxygen atoms in total. The third-order valence-corrected chi connectivity index (χ3v) is 3.24. The highest BCUT2D eigenvalue weighted by Gasteiger charge is 2.48. The summed E-state index contributed by atoms with van der Waals surface area (Å²) in [6.45, 7) is 1.36. The number of anilines is 1. The first-order chi connectivity index (χ1) is 10.8. The predicted molar refractivity (Wildman–Crippen MR) is 75.7 cm³/mol. The minimum Gasteiger partial charge on any atom is -0.479 e. The molecule has 23 heavy (non-hydrogen) atoms. The molecular formula is C14H17NO8. The lowest BCUT2D eigenvalue weighted by Crippen LogP contribution is -2.61. The molecule has 1 aromatic carbocycles. The molecule has 1 saturated heterocycles. The van der Waals surface area contributed by atoms with Crippen molar-refractivity contribution in [3.63, 3.8) is 0 Å².